The molecule has 0 aliphatic carbocycles. The molecular formula is C16H26N2O2. The number of hydrogen-bond acceptors (Lipinski definition) is 4. The quantitative estimate of drug-likeness (QED) is 0.890. The van der Waals surface area contributed by atoms with E-state index in [9.17, 15) is 5.11 Å². The van der Waals surface area contributed by atoms with Gasteiger partial charge in [-0.25, -0.2) is 0 Å². The first-order valence-electron chi connectivity index (χ1n) is 7.27. The molecule has 1 heterocycles. The number of anilines is 1. The minimum atomic E-state index is -0.650. The SMILES string of the molecule is CN(Cc1ccc(N2CCOCC2)cc1)CC(C)(C)O. The van der Waals surface area contributed by atoms with Crippen LogP contribution in [0.25, 0.3) is 0 Å². The molecule has 1 aliphatic rings. The Kier molecular flexibility index (Phi) is 5.02. The molecule has 0 spiro atoms. The minimum Gasteiger partial charge on any atom is -0.389 e. The van der Waals surface area contributed by atoms with Crippen LogP contribution in [0.3, 0.4) is 0 Å². The van der Waals surface area contributed by atoms with Gasteiger partial charge in [0.05, 0.1) is 18.8 Å². The van der Waals surface area contributed by atoms with Crippen LogP contribution < -0.4 is 4.90 Å². The first-order valence-corrected chi connectivity index (χ1v) is 7.27. The van der Waals surface area contributed by atoms with Crippen LogP contribution >= 0.6 is 0 Å². The van der Waals surface area contributed by atoms with Crippen LogP contribution in [0.4, 0.5) is 5.69 Å². The van der Waals surface area contributed by atoms with E-state index in [1.54, 1.807) is 0 Å². The van der Waals surface area contributed by atoms with Gasteiger partial charge in [0.2, 0.25) is 0 Å². The summed E-state index contributed by atoms with van der Waals surface area (Å²) in [4.78, 5) is 4.50. The summed E-state index contributed by atoms with van der Waals surface area (Å²) < 4.78 is 5.37. The Labute approximate surface area is 122 Å². The van der Waals surface area contributed by atoms with Crippen molar-refractivity contribution in [1.82, 2.24) is 4.90 Å². The first kappa shape index (κ1) is 15.3. The van der Waals surface area contributed by atoms with Gasteiger partial charge in [0.1, 0.15) is 0 Å². The van der Waals surface area contributed by atoms with E-state index in [1.807, 2.05) is 20.9 Å². The fraction of sp³-hybridized carbons (Fsp3) is 0.625. The summed E-state index contributed by atoms with van der Waals surface area (Å²) >= 11 is 0. The molecule has 4 nitrogen and oxygen atoms in total. The van der Waals surface area contributed by atoms with E-state index in [2.05, 4.69) is 34.1 Å². The number of likely N-dealkylation sites (N-methyl/N-ethyl adjacent to an activating group) is 1. The zero-order chi connectivity index (χ0) is 14.6. The van der Waals surface area contributed by atoms with Crippen molar-refractivity contribution in [3.8, 4) is 0 Å². The second kappa shape index (κ2) is 6.57. The van der Waals surface area contributed by atoms with Crippen LogP contribution in [-0.2, 0) is 11.3 Å². The molecule has 1 aromatic rings. The minimum absolute atomic E-state index is 0.650. The summed E-state index contributed by atoms with van der Waals surface area (Å²) in [6.45, 7) is 8.77. The lowest BCUT2D eigenvalue weighted by molar-refractivity contribution is 0.0425. The molecule has 0 bridgehead atoms. The maximum Gasteiger partial charge on any atom is 0.0718 e. The van der Waals surface area contributed by atoms with Crippen LogP contribution in [0.2, 0.25) is 0 Å². The topological polar surface area (TPSA) is 35.9 Å². The monoisotopic (exact) mass is 278 g/mol. The zero-order valence-electron chi connectivity index (χ0n) is 12.8. The van der Waals surface area contributed by atoms with Gasteiger partial charge in [-0.15, -0.1) is 0 Å². The highest BCUT2D eigenvalue weighted by atomic mass is 16.5. The molecule has 112 valence electrons. The van der Waals surface area contributed by atoms with Crippen LogP contribution in [-0.4, -0.2) is 55.5 Å². The van der Waals surface area contributed by atoms with Gasteiger partial charge in [-0.1, -0.05) is 12.1 Å². The number of rotatable bonds is 5. The van der Waals surface area contributed by atoms with E-state index >= 15 is 0 Å². The normalized spacial score (nSPS) is 16.8. The van der Waals surface area contributed by atoms with Crippen LogP contribution in [0.1, 0.15) is 19.4 Å². The third kappa shape index (κ3) is 4.78. The standard InChI is InChI=1S/C16H26N2O2/c1-16(2,19)13-17(3)12-14-4-6-15(7-5-14)18-8-10-20-11-9-18/h4-7,19H,8-13H2,1-3H3. The summed E-state index contributed by atoms with van der Waals surface area (Å²) in [6, 6.07) is 8.70. The largest absolute Gasteiger partial charge is 0.389 e. The lowest BCUT2D eigenvalue weighted by Gasteiger charge is -2.29. The van der Waals surface area contributed by atoms with Gasteiger partial charge in [0.25, 0.3) is 0 Å². The van der Waals surface area contributed by atoms with Gasteiger partial charge >= 0.3 is 0 Å². The molecule has 0 saturated carbocycles. The smallest absolute Gasteiger partial charge is 0.0718 e. The second-order valence-corrected chi connectivity index (χ2v) is 6.25. The molecule has 1 N–H and O–H groups in total. The highest BCUT2D eigenvalue weighted by Crippen LogP contribution is 2.17. The van der Waals surface area contributed by atoms with E-state index in [4.69, 9.17) is 4.74 Å². The van der Waals surface area contributed by atoms with Gasteiger partial charge < -0.3 is 14.7 Å². The molecule has 0 atom stereocenters. The van der Waals surface area contributed by atoms with Crippen molar-refractivity contribution in [1.29, 1.82) is 0 Å². The number of morpholine rings is 1. The van der Waals surface area contributed by atoms with Gasteiger partial charge in [-0.3, -0.25) is 4.90 Å². The fourth-order valence-electron chi connectivity index (χ4n) is 2.66. The Hall–Kier alpha value is -1.10. The number of aliphatic hydroxyl groups is 1. The van der Waals surface area contributed by atoms with Gasteiger partial charge in [-0.2, -0.15) is 0 Å². The molecule has 4 heteroatoms. The van der Waals surface area contributed by atoms with Crippen molar-refractivity contribution in [3.05, 3.63) is 29.8 Å². The Morgan fingerprint density at radius 3 is 2.35 bits per heavy atom. The van der Waals surface area contributed by atoms with Crippen molar-refractivity contribution in [2.45, 2.75) is 26.0 Å². The Bertz CT molecular complexity index is 405. The van der Waals surface area contributed by atoms with E-state index in [0.717, 1.165) is 32.8 Å². The molecule has 0 amide bonds. The molecular weight excluding hydrogens is 252 g/mol. The van der Waals surface area contributed by atoms with Gasteiger partial charge in [-0.05, 0) is 38.6 Å². The Morgan fingerprint density at radius 2 is 1.80 bits per heavy atom. The molecule has 1 aliphatic heterocycles. The Morgan fingerprint density at radius 1 is 1.20 bits per heavy atom. The third-order valence-electron chi connectivity index (χ3n) is 3.42. The second-order valence-electron chi connectivity index (χ2n) is 6.25. The predicted molar refractivity (Wildman–Crippen MR) is 82.1 cm³/mol. The highest BCUT2D eigenvalue weighted by Gasteiger charge is 2.16. The van der Waals surface area contributed by atoms with Crippen LogP contribution in [0.5, 0.6) is 0 Å². The number of benzene rings is 1. The number of nitrogens with zero attached hydrogens (tertiary/aromatic N) is 2. The average molecular weight is 278 g/mol. The summed E-state index contributed by atoms with van der Waals surface area (Å²) in [5.74, 6) is 0. The first-order chi connectivity index (χ1) is 9.44. The molecule has 0 radical (unpaired) electrons. The summed E-state index contributed by atoms with van der Waals surface area (Å²) in [5.41, 5.74) is 1.89. The van der Waals surface area contributed by atoms with E-state index in [1.165, 1.54) is 11.3 Å². The fourth-order valence-corrected chi connectivity index (χ4v) is 2.66. The maximum atomic E-state index is 9.82. The summed E-state index contributed by atoms with van der Waals surface area (Å²) in [7, 11) is 2.04. The van der Waals surface area contributed by atoms with Gasteiger partial charge in [0.15, 0.2) is 0 Å². The van der Waals surface area contributed by atoms with Gasteiger partial charge in [0, 0.05) is 31.9 Å². The van der Waals surface area contributed by atoms with E-state index in [-0.39, 0.29) is 0 Å². The molecule has 1 aromatic carbocycles. The van der Waals surface area contributed by atoms with Crippen molar-refractivity contribution in [3.63, 3.8) is 0 Å². The van der Waals surface area contributed by atoms with Crippen molar-refractivity contribution >= 4 is 5.69 Å². The highest BCUT2D eigenvalue weighted by molar-refractivity contribution is 5.47. The van der Waals surface area contributed by atoms with Crippen LogP contribution in [0.15, 0.2) is 24.3 Å². The molecule has 20 heavy (non-hydrogen) atoms. The van der Waals surface area contributed by atoms with Crippen molar-refractivity contribution in [2.24, 2.45) is 0 Å². The van der Waals surface area contributed by atoms with E-state index < -0.39 is 5.60 Å². The Balaban J connectivity index is 1.91. The lowest BCUT2D eigenvalue weighted by Crippen LogP contribution is -2.36. The van der Waals surface area contributed by atoms with Crippen LogP contribution in [0, 0.1) is 0 Å². The third-order valence-corrected chi connectivity index (χ3v) is 3.42. The summed E-state index contributed by atoms with van der Waals surface area (Å²) in [5, 5.41) is 9.82. The number of hydrogen-bond donors (Lipinski definition) is 1. The molecule has 0 unspecified atom stereocenters. The molecule has 2 rings (SSSR count). The zero-order valence-corrected chi connectivity index (χ0v) is 12.8. The van der Waals surface area contributed by atoms with Crippen molar-refractivity contribution in [2.75, 3.05) is 44.8 Å². The predicted octanol–water partition coefficient (Wildman–Crippen LogP) is 1.73. The van der Waals surface area contributed by atoms with E-state index in [0.29, 0.717) is 6.54 Å². The lowest BCUT2D eigenvalue weighted by atomic mass is 10.1. The maximum absolute atomic E-state index is 9.82. The average Bonchev–Trinajstić information content (AvgIpc) is 2.38. The summed E-state index contributed by atoms with van der Waals surface area (Å²) in [6.07, 6.45) is 0. The van der Waals surface area contributed by atoms with Crippen molar-refractivity contribution < 1.29 is 9.84 Å². The number of ether oxygens (including phenoxy) is 1. The molecule has 1 saturated heterocycles. The molecule has 0 aromatic heterocycles. The molecule has 1 fully saturated rings.